The maximum absolute atomic E-state index is 12.1. The van der Waals surface area contributed by atoms with E-state index < -0.39 is 0 Å². The van der Waals surface area contributed by atoms with E-state index in [1.54, 1.807) is 23.6 Å². The minimum atomic E-state index is -0.167. The molecule has 0 aliphatic carbocycles. The number of thiazole rings is 1. The molecule has 0 saturated carbocycles. The van der Waals surface area contributed by atoms with E-state index in [2.05, 4.69) is 15.4 Å². The molecule has 2 aromatic heterocycles. The molecule has 0 atom stereocenters. The fourth-order valence-corrected chi connectivity index (χ4v) is 3.08. The Kier molecular flexibility index (Phi) is 4.57. The van der Waals surface area contributed by atoms with Crippen molar-refractivity contribution in [2.45, 2.75) is 13.8 Å². The summed E-state index contributed by atoms with van der Waals surface area (Å²) < 4.78 is 1.81. The summed E-state index contributed by atoms with van der Waals surface area (Å²) in [5.74, 6) is -0.167. The van der Waals surface area contributed by atoms with E-state index >= 15 is 0 Å². The monoisotopic (exact) mass is 338 g/mol. The maximum Gasteiger partial charge on any atom is 0.248 e. The van der Waals surface area contributed by atoms with E-state index in [9.17, 15) is 4.79 Å². The second-order valence-electron chi connectivity index (χ2n) is 5.45. The van der Waals surface area contributed by atoms with Gasteiger partial charge in [-0.2, -0.15) is 5.10 Å². The number of carbonyl (C=O) groups is 1. The van der Waals surface area contributed by atoms with E-state index in [0.29, 0.717) is 0 Å². The number of anilines is 1. The van der Waals surface area contributed by atoms with Gasteiger partial charge < -0.3 is 5.32 Å². The Hall–Kier alpha value is -2.73. The zero-order valence-electron chi connectivity index (χ0n) is 13.8. The molecule has 6 heteroatoms. The van der Waals surface area contributed by atoms with Crippen molar-refractivity contribution in [3.63, 3.8) is 0 Å². The van der Waals surface area contributed by atoms with Gasteiger partial charge in [0.05, 0.1) is 5.69 Å². The van der Waals surface area contributed by atoms with Gasteiger partial charge in [0, 0.05) is 47.2 Å². The van der Waals surface area contributed by atoms with Crippen LogP contribution in [0.15, 0.2) is 41.9 Å². The Balaban J connectivity index is 1.67. The van der Waals surface area contributed by atoms with Gasteiger partial charge in [0.2, 0.25) is 5.91 Å². The van der Waals surface area contributed by atoms with Crippen LogP contribution in [-0.2, 0) is 11.8 Å². The molecule has 0 aliphatic heterocycles. The number of benzene rings is 1. The van der Waals surface area contributed by atoms with Crippen LogP contribution >= 0.6 is 11.3 Å². The Morgan fingerprint density at radius 2 is 2.00 bits per heavy atom. The van der Waals surface area contributed by atoms with Gasteiger partial charge in [-0.15, -0.1) is 11.3 Å². The highest BCUT2D eigenvalue weighted by molar-refractivity contribution is 7.13. The highest BCUT2D eigenvalue weighted by atomic mass is 32.1. The standard InChI is InChI=1S/C18H18N4OS/c1-12-16(13(2)22(3)21-12)8-9-17(23)20-15-6-4-14(5-7-15)18-19-10-11-24-18/h4-11H,1-3H3,(H,20,23)/b9-8+. The van der Waals surface area contributed by atoms with Gasteiger partial charge in [0.25, 0.3) is 0 Å². The van der Waals surface area contributed by atoms with E-state index in [-0.39, 0.29) is 5.91 Å². The topological polar surface area (TPSA) is 59.8 Å². The zero-order chi connectivity index (χ0) is 17.1. The zero-order valence-corrected chi connectivity index (χ0v) is 14.6. The number of nitrogens with one attached hydrogen (secondary N) is 1. The van der Waals surface area contributed by atoms with Crippen molar-refractivity contribution < 1.29 is 4.79 Å². The predicted molar refractivity (Wildman–Crippen MR) is 97.9 cm³/mol. The van der Waals surface area contributed by atoms with Crippen molar-refractivity contribution in [3.8, 4) is 10.6 Å². The van der Waals surface area contributed by atoms with Crippen molar-refractivity contribution >= 4 is 29.0 Å². The second kappa shape index (κ2) is 6.80. The van der Waals surface area contributed by atoms with E-state index in [4.69, 9.17) is 0 Å². The van der Waals surface area contributed by atoms with Crippen LogP contribution in [-0.4, -0.2) is 20.7 Å². The summed E-state index contributed by atoms with van der Waals surface area (Å²) in [5, 5.41) is 10.1. The Morgan fingerprint density at radius 1 is 1.25 bits per heavy atom. The van der Waals surface area contributed by atoms with Crippen LogP contribution in [0.5, 0.6) is 0 Å². The van der Waals surface area contributed by atoms with Crippen molar-refractivity contribution in [2.24, 2.45) is 7.05 Å². The maximum atomic E-state index is 12.1. The fraction of sp³-hybridized carbons (Fsp3) is 0.167. The van der Waals surface area contributed by atoms with Crippen molar-refractivity contribution in [1.29, 1.82) is 0 Å². The fourth-order valence-electron chi connectivity index (χ4n) is 2.44. The molecule has 0 bridgehead atoms. The molecule has 1 aromatic carbocycles. The third-order valence-electron chi connectivity index (χ3n) is 3.80. The van der Waals surface area contributed by atoms with E-state index in [1.165, 1.54) is 6.08 Å². The number of hydrogen-bond acceptors (Lipinski definition) is 4. The summed E-state index contributed by atoms with van der Waals surface area (Å²) in [6, 6.07) is 7.66. The number of rotatable bonds is 4. The Bertz CT molecular complexity index is 877. The molecule has 0 spiro atoms. The molecule has 0 unspecified atom stereocenters. The highest BCUT2D eigenvalue weighted by Crippen LogP contribution is 2.23. The molecule has 1 amide bonds. The molecule has 0 radical (unpaired) electrons. The van der Waals surface area contributed by atoms with Crippen LogP contribution in [0.1, 0.15) is 17.0 Å². The molecule has 122 valence electrons. The van der Waals surface area contributed by atoms with Crippen LogP contribution in [0.3, 0.4) is 0 Å². The lowest BCUT2D eigenvalue weighted by molar-refractivity contribution is -0.111. The third-order valence-corrected chi connectivity index (χ3v) is 4.62. The number of aromatic nitrogens is 3. The number of hydrogen-bond donors (Lipinski definition) is 1. The van der Waals surface area contributed by atoms with Gasteiger partial charge in [-0.25, -0.2) is 4.98 Å². The first-order valence-electron chi connectivity index (χ1n) is 7.54. The number of amides is 1. The van der Waals surface area contributed by atoms with Gasteiger partial charge in [-0.05, 0) is 44.2 Å². The summed E-state index contributed by atoms with van der Waals surface area (Å²) in [5.41, 5.74) is 4.72. The van der Waals surface area contributed by atoms with Gasteiger partial charge in [-0.3, -0.25) is 9.48 Å². The van der Waals surface area contributed by atoms with E-state index in [1.807, 2.05) is 55.2 Å². The first kappa shape index (κ1) is 16.1. The minimum absolute atomic E-state index is 0.167. The normalized spacial score (nSPS) is 11.1. The Labute approximate surface area is 144 Å². The first-order valence-corrected chi connectivity index (χ1v) is 8.42. The number of nitrogens with zero attached hydrogens (tertiary/aromatic N) is 3. The van der Waals surface area contributed by atoms with Crippen molar-refractivity contribution in [1.82, 2.24) is 14.8 Å². The lowest BCUT2D eigenvalue weighted by Crippen LogP contribution is -2.07. The van der Waals surface area contributed by atoms with Crippen LogP contribution in [0.4, 0.5) is 5.69 Å². The molecular weight excluding hydrogens is 320 g/mol. The van der Waals surface area contributed by atoms with Crippen molar-refractivity contribution in [2.75, 3.05) is 5.32 Å². The smallest absolute Gasteiger partial charge is 0.248 e. The SMILES string of the molecule is Cc1nn(C)c(C)c1/C=C/C(=O)Nc1ccc(-c2nccs2)cc1. The van der Waals surface area contributed by atoms with Gasteiger partial charge in [0.15, 0.2) is 0 Å². The third kappa shape index (κ3) is 3.44. The molecule has 0 saturated heterocycles. The van der Waals surface area contributed by atoms with Gasteiger partial charge >= 0.3 is 0 Å². The lowest BCUT2D eigenvalue weighted by Gasteiger charge is -2.03. The molecule has 1 N–H and O–H groups in total. The predicted octanol–water partition coefficient (Wildman–Crippen LogP) is 3.81. The van der Waals surface area contributed by atoms with Gasteiger partial charge in [0.1, 0.15) is 5.01 Å². The largest absolute Gasteiger partial charge is 0.323 e. The van der Waals surface area contributed by atoms with Gasteiger partial charge in [-0.1, -0.05) is 0 Å². The molecule has 5 nitrogen and oxygen atoms in total. The summed E-state index contributed by atoms with van der Waals surface area (Å²) in [6.07, 6.45) is 5.12. The molecule has 3 rings (SSSR count). The summed E-state index contributed by atoms with van der Waals surface area (Å²) in [7, 11) is 1.89. The highest BCUT2D eigenvalue weighted by Gasteiger charge is 2.07. The van der Waals surface area contributed by atoms with Crippen molar-refractivity contribution in [3.05, 3.63) is 58.9 Å². The quantitative estimate of drug-likeness (QED) is 0.736. The van der Waals surface area contributed by atoms with Crippen LogP contribution in [0, 0.1) is 13.8 Å². The molecule has 3 aromatic rings. The summed E-state index contributed by atoms with van der Waals surface area (Å²) in [4.78, 5) is 16.4. The van der Waals surface area contributed by atoms with Crippen LogP contribution in [0.2, 0.25) is 0 Å². The van der Waals surface area contributed by atoms with Crippen LogP contribution < -0.4 is 5.32 Å². The lowest BCUT2D eigenvalue weighted by atomic mass is 10.2. The molecule has 0 fully saturated rings. The number of aryl methyl sites for hydroxylation is 2. The molecule has 24 heavy (non-hydrogen) atoms. The molecular formula is C18H18N4OS. The van der Waals surface area contributed by atoms with Crippen LogP contribution in [0.25, 0.3) is 16.6 Å². The molecule has 2 heterocycles. The summed E-state index contributed by atoms with van der Waals surface area (Å²) in [6.45, 7) is 3.91. The van der Waals surface area contributed by atoms with E-state index in [0.717, 1.165) is 33.2 Å². The minimum Gasteiger partial charge on any atom is -0.323 e. The Morgan fingerprint density at radius 3 is 2.58 bits per heavy atom. The number of carbonyl (C=O) groups excluding carboxylic acids is 1. The molecule has 0 aliphatic rings. The first-order chi connectivity index (χ1) is 11.5. The average molecular weight is 338 g/mol. The second-order valence-corrected chi connectivity index (χ2v) is 6.34. The summed E-state index contributed by atoms with van der Waals surface area (Å²) >= 11 is 1.59. The average Bonchev–Trinajstić information content (AvgIpc) is 3.17.